The predicted molar refractivity (Wildman–Crippen MR) is 69.2 cm³/mol. The van der Waals surface area contributed by atoms with Gasteiger partial charge in [0.25, 0.3) is 0 Å². The molecule has 1 heterocycles. The van der Waals surface area contributed by atoms with E-state index in [1.807, 2.05) is 42.6 Å². The van der Waals surface area contributed by atoms with Crippen LogP contribution in [0.5, 0.6) is 0 Å². The van der Waals surface area contributed by atoms with Crippen LogP contribution < -0.4 is 0 Å². The first-order chi connectivity index (χ1) is 8.40. The lowest BCUT2D eigenvalue weighted by atomic mass is 10.2. The van der Waals surface area contributed by atoms with Crippen LogP contribution in [0.4, 0.5) is 0 Å². The average molecular weight is 223 g/mol. The largest absolute Gasteiger partial charge is 0.392 e. The lowest BCUT2D eigenvalue weighted by Crippen LogP contribution is -1.97. The summed E-state index contributed by atoms with van der Waals surface area (Å²) >= 11 is 0. The summed E-state index contributed by atoms with van der Waals surface area (Å²) in [6.45, 7) is 0.0582. The molecule has 0 radical (unpaired) electrons. The SMILES string of the molecule is OCc1ccccc1-n1ccc2ccccc21. The summed E-state index contributed by atoms with van der Waals surface area (Å²) < 4.78 is 2.11. The Labute approximate surface area is 99.7 Å². The van der Waals surface area contributed by atoms with Crippen molar-refractivity contribution in [3.8, 4) is 5.69 Å². The zero-order valence-electron chi connectivity index (χ0n) is 9.38. The lowest BCUT2D eigenvalue weighted by Gasteiger charge is -2.09. The molecule has 2 nitrogen and oxygen atoms in total. The molecule has 3 rings (SSSR count). The Bertz CT molecular complexity index is 655. The van der Waals surface area contributed by atoms with E-state index in [9.17, 15) is 5.11 Å². The molecule has 0 atom stereocenters. The number of aliphatic hydroxyl groups excluding tert-OH is 1. The number of hydrogen-bond donors (Lipinski definition) is 1. The van der Waals surface area contributed by atoms with Gasteiger partial charge in [-0.15, -0.1) is 0 Å². The predicted octanol–water partition coefficient (Wildman–Crippen LogP) is 3.12. The number of hydrogen-bond acceptors (Lipinski definition) is 1. The summed E-state index contributed by atoms with van der Waals surface area (Å²) in [4.78, 5) is 0. The summed E-state index contributed by atoms with van der Waals surface area (Å²) in [5, 5.41) is 10.6. The van der Waals surface area contributed by atoms with Crippen LogP contribution in [-0.4, -0.2) is 9.67 Å². The summed E-state index contributed by atoms with van der Waals surface area (Å²) in [5.74, 6) is 0. The van der Waals surface area contributed by atoms with Crippen molar-refractivity contribution in [2.75, 3.05) is 0 Å². The van der Waals surface area contributed by atoms with Crippen LogP contribution in [0.1, 0.15) is 5.56 Å². The highest BCUT2D eigenvalue weighted by molar-refractivity contribution is 5.82. The van der Waals surface area contributed by atoms with Crippen molar-refractivity contribution in [1.29, 1.82) is 0 Å². The van der Waals surface area contributed by atoms with Gasteiger partial charge >= 0.3 is 0 Å². The minimum Gasteiger partial charge on any atom is -0.392 e. The molecule has 0 spiro atoms. The van der Waals surface area contributed by atoms with E-state index >= 15 is 0 Å². The maximum atomic E-state index is 9.38. The molecule has 0 saturated carbocycles. The van der Waals surface area contributed by atoms with Crippen LogP contribution >= 0.6 is 0 Å². The highest BCUT2D eigenvalue weighted by Gasteiger charge is 2.05. The van der Waals surface area contributed by atoms with Crippen LogP contribution in [0.3, 0.4) is 0 Å². The average Bonchev–Trinajstić information content (AvgIpc) is 2.82. The van der Waals surface area contributed by atoms with Gasteiger partial charge in [-0.05, 0) is 23.6 Å². The highest BCUT2D eigenvalue weighted by Crippen LogP contribution is 2.22. The maximum absolute atomic E-state index is 9.38. The van der Waals surface area contributed by atoms with Gasteiger partial charge in [0.1, 0.15) is 0 Å². The summed E-state index contributed by atoms with van der Waals surface area (Å²) in [6.07, 6.45) is 2.04. The molecule has 0 bridgehead atoms. The second-order valence-electron chi connectivity index (χ2n) is 4.03. The van der Waals surface area contributed by atoms with Gasteiger partial charge in [-0.25, -0.2) is 0 Å². The van der Waals surface area contributed by atoms with Gasteiger partial charge in [0.2, 0.25) is 0 Å². The molecule has 0 amide bonds. The van der Waals surface area contributed by atoms with E-state index in [0.717, 1.165) is 16.8 Å². The Hall–Kier alpha value is -2.06. The van der Waals surface area contributed by atoms with E-state index in [-0.39, 0.29) is 6.61 Å². The van der Waals surface area contributed by atoms with E-state index < -0.39 is 0 Å². The number of benzene rings is 2. The second kappa shape index (κ2) is 4.07. The van der Waals surface area contributed by atoms with E-state index in [1.165, 1.54) is 5.39 Å². The number of nitrogens with zero attached hydrogens (tertiary/aromatic N) is 1. The number of aromatic nitrogens is 1. The molecule has 3 aromatic rings. The Morgan fingerprint density at radius 2 is 1.65 bits per heavy atom. The van der Waals surface area contributed by atoms with Crippen molar-refractivity contribution in [2.45, 2.75) is 6.61 Å². The number of aliphatic hydroxyl groups is 1. The minimum absolute atomic E-state index is 0.0582. The Morgan fingerprint density at radius 1 is 0.882 bits per heavy atom. The van der Waals surface area contributed by atoms with Crippen molar-refractivity contribution in [1.82, 2.24) is 4.57 Å². The quantitative estimate of drug-likeness (QED) is 0.709. The number of rotatable bonds is 2. The van der Waals surface area contributed by atoms with Gasteiger partial charge in [-0.2, -0.15) is 0 Å². The van der Waals surface area contributed by atoms with Crippen LogP contribution in [0, 0.1) is 0 Å². The molecule has 1 N–H and O–H groups in total. The van der Waals surface area contributed by atoms with Crippen molar-refractivity contribution in [2.24, 2.45) is 0 Å². The van der Waals surface area contributed by atoms with Crippen LogP contribution in [0.2, 0.25) is 0 Å². The molecular formula is C15H13NO. The molecule has 0 aliphatic rings. The Balaban J connectivity index is 2.27. The summed E-state index contributed by atoms with van der Waals surface area (Å²) in [6, 6.07) is 18.2. The molecule has 17 heavy (non-hydrogen) atoms. The standard InChI is InChI=1S/C15H13NO/c17-11-13-6-2-4-8-15(13)16-10-9-12-5-1-3-7-14(12)16/h1-10,17H,11H2. The van der Waals surface area contributed by atoms with Crippen molar-refractivity contribution < 1.29 is 5.11 Å². The first kappa shape index (κ1) is 10.1. The van der Waals surface area contributed by atoms with Crippen molar-refractivity contribution in [3.63, 3.8) is 0 Å². The molecule has 2 heteroatoms. The normalized spacial score (nSPS) is 10.9. The fourth-order valence-electron chi connectivity index (χ4n) is 2.17. The molecule has 84 valence electrons. The molecule has 2 aromatic carbocycles. The molecular weight excluding hydrogens is 210 g/mol. The van der Waals surface area contributed by atoms with Crippen LogP contribution in [0.25, 0.3) is 16.6 Å². The fourth-order valence-corrected chi connectivity index (χ4v) is 2.17. The zero-order chi connectivity index (χ0) is 11.7. The van der Waals surface area contributed by atoms with E-state index in [0.29, 0.717) is 0 Å². The number of para-hydroxylation sites is 2. The van der Waals surface area contributed by atoms with Gasteiger partial charge < -0.3 is 9.67 Å². The first-order valence-corrected chi connectivity index (χ1v) is 5.65. The fraction of sp³-hybridized carbons (Fsp3) is 0.0667. The van der Waals surface area contributed by atoms with E-state index in [4.69, 9.17) is 0 Å². The minimum atomic E-state index is 0.0582. The zero-order valence-corrected chi connectivity index (χ0v) is 9.38. The first-order valence-electron chi connectivity index (χ1n) is 5.65. The van der Waals surface area contributed by atoms with Crippen molar-refractivity contribution in [3.05, 3.63) is 66.4 Å². The molecule has 0 aliphatic heterocycles. The van der Waals surface area contributed by atoms with Crippen LogP contribution in [0.15, 0.2) is 60.8 Å². The maximum Gasteiger partial charge on any atom is 0.0702 e. The second-order valence-corrected chi connectivity index (χ2v) is 4.03. The smallest absolute Gasteiger partial charge is 0.0702 e. The monoisotopic (exact) mass is 223 g/mol. The number of fused-ring (bicyclic) bond motifs is 1. The third kappa shape index (κ3) is 1.63. The van der Waals surface area contributed by atoms with Gasteiger partial charge in [0.15, 0.2) is 0 Å². The Morgan fingerprint density at radius 3 is 2.53 bits per heavy atom. The lowest BCUT2D eigenvalue weighted by molar-refractivity contribution is 0.281. The van der Waals surface area contributed by atoms with Gasteiger partial charge in [-0.3, -0.25) is 0 Å². The van der Waals surface area contributed by atoms with Gasteiger partial charge in [-0.1, -0.05) is 36.4 Å². The molecule has 0 saturated heterocycles. The molecule has 0 unspecified atom stereocenters. The summed E-state index contributed by atoms with van der Waals surface area (Å²) in [5.41, 5.74) is 3.14. The topological polar surface area (TPSA) is 25.2 Å². The van der Waals surface area contributed by atoms with Crippen LogP contribution in [-0.2, 0) is 6.61 Å². The third-order valence-corrected chi connectivity index (χ3v) is 3.02. The summed E-state index contributed by atoms with van der Waals surface area (Å²) in [7, 11) is 0. The molecule has 0 fully saturated rings. The van der Waals surface area contributed by atoms with Gasteiger partial charge in [0.05, 0.1) is 17.8 Å². The third-order valence-electron chi connectivity index (χ3n) is 3.02. The van der Waals surface area contributed by atoms with Gasteiger partial charge in [0, 0.05) is 11.8 Å². The highest BCUT2D eigenvalue weighted by atomic mass is 16.3. The van der Waals surface area contributed by atoms with Crippen molar-refractivity contribution >= 4 is 10.9 Å². The van der Waals surface area contributed by atoms with E-state index in [1.54, 1.807) is 0 Å². The molecule has 1 aromatic heterocycles. The Kier molecular flexibility index (Phi) is 2.42. The molecule has 0 aliphatic carbocycles. The van der Waals surface area contributed by atoms with E-state index in [2.05, 4.69) is 22.8 Å².